The van der Waals surface area contributed by atoms with Crippen molar-refractivity contribution in [1.82, 2.24) is 5.32 Å². The van der Waals surface area contributed by atoms with Gasteiger partial charge < -0.3 is 20.1 Å². The van der Waals surface area contributed by atoms with Gasteiger partial charge in [0.05, 0.1) is 28.2 Å². The highest BCUT2D eigenvalue weighted by Gasteiger charge is 2.35. The maximum atomic E-state index is 13.4. The van der Waals surface area contributed by atoms with E-state index in [9.17, 15) is 23.3 Å². The third-order valence-electron chi connectivity index (χ3n) is 7.10. The third-order valence-corrected chi connectivity index (χ3v) is 8.94. The SMILES string of the molecule is O=C(N[C@@H](CC1CC1)B(O)O)[C@H](Cc1ccccc1)CS(=O)(=O)c1ccc(Oc2ccc3c(c2)N=CC3)cc1. The molecule has 1 aliphatic carbocycles. The Labute approximate surface area is 228 Å². The molecule has 1 heterocycles. The molecule has 202 valence electrons. The molecule has 1 fully saturated rings. The molecule has 0 radical (unpaired) electrons. The van der Waals surface area contributed by atoms with Crippen molar-refractivity contribution >= 4 is 34.8 Å². The average Bonchev–Trinajstić information content (AvgIpc) is 3.62. The van der Waals surface area contributed by atoms with Gasteiger partial charge in [-0.25, -0.2) is 8.42 Å². The Morgan fingerprint density at radius 2 is 1.74 bits per heavy atom. The van der Waals surface area contributed by atoms with E-state index in [0.717, 1.165) is 36.1 Å². The number of fused-ring (bicyclic) bond motifs is 1. The molecule has 2 aliphatic rings. The molecule has 1 amide bonds. The molecule has 0 saturated heterocycles. The number of sulfone groups is 1. The van der Waals surface area contributed by atoms with Gasteiger partial charge in [0.2, 0.25) is 5.91 Å². The normalized spacial score (nSPS) is 15.8. The molecule has 1 saturated carbocycles. The molecule has 5 rings (SSSR count). The zero-order chi connectivity index (χ0) is 27.4. The third kappa shape index (κ3) is 7.14. The van der Waals surface area contributed by atoms with E-state index in [1.807, 2.05) is 54.7 Å². The van der Waals surface area contributed by atoms with Crippen LogP contribution in [0, 0.1) is 11.8 Å². The van der Waals surface area contributed by atoms with Crippen LogP contribution in [-0.2, 0) is 27.5 Å². The van der Waals surface area contributed by atoms with E-state index < -0.39 is 40.5 Å². The molecule has 39 heavy (non-hydrogen) atoms. The first-order valence-electron chi connectivity index (χ1n) is 13.1. The van der Waals surface area contributed by atoms with E-state index in [1.54, 1.807) is 12.1 Å². The lowest BCUT2D eigenvalue weighted by Crippen LogP contribution is -2.50. The molecule has 2 atom stereocenters. The summed E-state index contributed by atoms with van der Waals surface area (Å²) in [5.74, 6) is -1.26. The second-order valence-electron chi connectivity index (χ2n) is 10.3. The first kappa shape index (κ1) is 27.1. The minimum absolute atomic E-state index is 0.0796. The minimum Gasteiger partial charge on any atom is -0.457 e. The number of benzene rings is 3. The summed E-state index contributed by atoms with van der Waals surface area (Å²) < 4.78 is 32.7. The van der Waals surface area contributed by atoms with Crippen LogP contribution in [0.25, 0.3) is 0 Å². The van der Waals surface area contributed by atoms with Crippen LogP contribution in [0.4, 0.5) is 5.69 Å². The predicted octanol–water partition coefficient (Wildman–Crippen LogP) is 3.67. The second kappa shape index (κ2) is 11.7. The maximum Gasteiger partial charge on any atom is 0.475 e. The molecule has 0 bridgehead atoms. The topological polar surface area (TPSA) is 125 Å². The van der Waals surface area contributed by atoms with Crippen molar-refractivity contribution in [3.8, 4) is 11.5 Å². The van der Waals surface area contributed by atoms with Gasteiger partial charge >= 0.3 is 7.12 Å². The highest BCUT2D eigenvalue weighted by atomic mass is 32.2. The molecule has 0 spiro atoms. The lowest BCUT2D eigenvalue weighted by Gasteiger charge is -2.22. The van der Waals surface area contributed by atoms with E-state index in [0.29, 0.717) is 23.8 Å². The number of aliphatic imine (C=N–C) groups is 1. The van der Waals surface area contributed by atoms with E-state index in [2.05, 4.69) is 10.3 Å². The monoisotopic (exact) mass is 546 g/mol. The molecule has 0 aromatic heterocycles. The van der Waals surface area contributed by atoms with Crippen LogP contribution in [0.2, 0.25) is 0 Å². The van der Waals surface area contributed by atoms with Gasteiger partial charge in [-0.15, -0.1) is 0 Å². The van der Waals surface area contributed by atoms with Gasteiger partial charge in [0.1, 0.15) is 11.5 Å². The fourth-order valence-corrected chi connectivity index (χ4v) is 6.29. The molecular formula is C29H31BN2O6S. The fraction of sp³-hybridized carbons (Fsp3) is 0.310. The first-order chi connectivity index (χ1) is 18.8. The summed E-state index contributed by atoms with van der Waals surface area (Å²) in [7, 11) is -5.56. The van der Waals surface area contributed by atoms with Crippen molar-refractivity contribution in [1.29, 1.82) is 0 Å². The van der Waals surface area contributed by atoms with Crippen molar-refractivity contribution in [2.75, 3.05) is 5.75 Å². The molecule has 10 heteroatoms. The summed E-state index contributed by atoms with van der Waals surface area (Å²) in [6.45, 7) is 0. The van der Waals surface area contributed by atoms with Crippen LogP contribution in [0.5, 0.6) is 11.5 Å². The Morgan fingerprint density at radius 1 is 1.03 bits per heavy atom. The van der Waals surface area contributed by atoms with Crippen LogP contribution in [-0.4, -0.2) is 49.4 Å². The Kier molecular flexibility index (Phi) is 8.16. The van der Waals surface area contributed by atoms with Crippen molar-refractivity contribution in [2.45, 2.75) is 42.9 Å². The van der Waals surface area contributed by atoms with E-state index in [-0.39, 0.29) is 11.3 Å². The van der Waals surface area contributed by atoms with Crippen molar-refractivity contribution < 1.29 is 28.0 Å². The second-order valence-corrected chi connectivity index (χ2v) is 12.3. The van der Waals surface area contributed by atoms with E-state index in [1.165, 1.54) is 12.1 Å². The summed E-state index contributed by atoms with van der Waals surface area (Å²) in [6, 6.07) is 21.0. The Balaban J connectivity index is 1.30. The highest BCUT2D eigenvalue weighted by Crippen LogP contribution is 2.34. The maximum absolute atomic E-state index is 13.4. The zero-order valence-electron chi connectivity index (χ0n) is 21.4. The number of hydrogen-bond acceptors (Lipinski definition) is 7. The van der Waals surface area contributed by atoms with Crippen LogP contribution >= 0.6 is 0 Å². The van der Waals surface area contributed by atoms with Crippen molar-refractivity contribution in [3.05, 3.63) is 83.9 Å². The van der Waals surface area contributed by atoms with Gasteiger partial charge in [-0.1, -0.05) is 49.2 Å². The summed E-state index contributed by atoms with van der Waals surface area (Å²) in [4.78, 5) is 17.7. The summed E-state index contributed by atoms with van der Waals surface area (Å²) >= 11 is 0. The van der Waals surface area contributed by atoms with Gasteiger partial charge in [-0.05, 0) is 60.2 Å². The van der Waals surface area contributed by atoms with Crippen LogP contribution < -0.4 is 10.1 Å². The van der Waals surface area contributed by atoms with Gasteiger partial charge in [0.15, 0.2) is 9.84 Å². The average molecular weight is 546 g/mol. The highest BCUT2D eigenvalue weighted by molar-refractivity contribution is 7.91. The lowest BCUT2D eigenvalue weighted by atomic mass is 9.76. The number of ether oxygens (including phenoxy) is 1. The van der Waals surface area contributed by atoms with Crippen molar-refractivity contribution in [3.63, 3.8) is 0 Å². The van der Waals surface area contributed by atoms with Crippen molar-refractivity contribution in [2.24, 2.45) is 16.8 Å². The molecule has 3 aromatic rings. The Morgan fingerprint density at radius 3 is 2.44 bits per heavy atom. The quantitative estimate of drug-likeness (QED) is 0.298. The zero-order valence-corrected chi connectivity index (χ0v) is 22.3. The van der Waals surface area contributed by atoms with Gasteiger partial charge in [0.25, 0.3) is 0 Å². The largest absolute Gasteiger partial charge is 0.475 e. The van der Waals surface area contributed by atoms with Crippen LogP contribution in [0.15, 0.2) is 82.7 Å². The lowest BCUT2D eigenvalue weighted by molar-refractivity contribution is -0.124. The number of rotatable bonds is 12. The molecule has 0 unspecified atom stereocenters. The molecule has 1 aliphatic heterocycles. The Hall–Kier alpha value is -3.47. The predicted molar refractivity (Wildman–Crippen MR) is 150 cm³/mol. The fourth-order valence-electron chi connectivity index (χ4n) is 4.75. The molecule has 3 aromatic carbocycles. The minimum atomic E-state index is -3.85. The van der Waals surface area contributed by atoms with Crippen LogP contribution in [0.1, 0.15) is 30.4 Å². The number of nitrogens with one attached hydrogen (secondary N) is 1. The Bertz CT molecular complexity index is 1440. The summed E-state index contributed by atoms with van der Waals surface area (Å²) in [6.07, 6.45) is 5.27. The molecule has 3 N–H and O–H groups in total. The number of carbonyl (C=O) groups is 1. The summed E-state index contributed by atoms with van der Waals surface area (Å²) in [5.41, 5.74) is 2.81. The smallest absolute Gasteiger partial charge is 0.457 e. The van der Waals surface area contributed by atoms with Gasteiger partial charge in [-0.2, -0.15) is 0 Å². The number of amides is 1. The standard InChI is InChI=1S/C29H31BN2O6S/c33-29(32-28(30(34)35)17-21-6-7-21)23(16-20-4-2-1-3-5-20)19-39(36,37)26-12-10-24(11-13-26)38-25-9-8-22-14-15-31-27(22)18-25/h1-5,8-13,15,18,21,23,28,34-35H,6-7,14,16-17,19H2,(H,32,33)/t23-,28+/m1/s1. The summed E-state index contributed by atoms with van der Waals surface area (Å²) in [5, 5.41) is 22.3. The van der Waals surface area contributed by atoms with Gasteiger partial charge in [-0.3, -0.25) is 9.79 Å². The van der Waals surface area contributed by atoms with E-state index >= 15 is 0 Å². The van der Waals surface area contributed by atoms with E-state index in [4.69, 9.17) is 4.74 Å². The number of hydrogen-bond donors (Lipinski definition) is 3. The number of nitrogens with zero attached hydrogens (tertiary/aromatic N) is 1. The number of carbonyl (C=O) groups excluding carboxylic acids is 1. The molecular weight excluding hydrogens is 515 g/mol. The van der Waals surface area contributed by atoms with Gasteiger partial charge in [0, 0.05) is 18.7 Å². The first-order valence-corrected chi connectivity index (χ1v) is 14.8. The molecule has 8 nitrogen and oxygen atoms in total. The van der Waals surface area contributed by atoms with Crippen LogP contribution in [0.3, 0.4) is 0 Å².